The third kappa shape index (κ3) is 3.76. The quantitative estimate of drug-likeness (QED) is 0.567. The van der Waals surface area contributed by atoms with Crippen molar-refractivity contribution in [3.8, 4) is 5.75 Å². The lowest BCUT2D eigenvalue weighted by Crippen LogP contribution is -2.31. The zero-order valence-corrected chi connectivity index (χ0v) is 16.0. The lowest BCUT2D eigenvalue weighted by molar-refractivity contribution is -0.116. The lowest BCUT2D eigenvalue weighted by atomic mass is 10.2. The molecule has 0 radical (unpaired) electrons. The number of benzene rings is 2. The van der Waals surface area contributed by atoms with E-state index in [-0.39, 0.29) is 17.5 Å². The number of phenols is 1. The molecule has 3 rings (SSSR count). The van der Waals surface area contributed by atoms with Gasteiger partial charge in [-0.3, -0.25) is 4.79 Å². The molecule has 1 unspecified atom stereocenters. The van der Waals surface area contributed by atoms with Crippen molar-refractivity contribution in [2.45, 2.75) is 5.50 Å². The van der Waals surface area contributed by atoms with Crippen molar-refractivity contribution in [1.82, 2.24) is 5.32 Å². The van der Waals surface area contributed by atoms with Crippen LogP contribution in [0.15, 0.2) is 50.2 Å². The molecular formula is C16H11Br2FN2O2S. The molecule has 0 bridgehead atoms. The first-order chi connectivity index (χ1) is 11.4. The molecule has 2 aromatic carbocycles. The van der Waals surface area contributed by atoms with Gasteiger partial charge in [-0.2, -0.15) is 0 Å². The van der Waals surface area contributed by atoms with Crippen LogP contribution in [0.5, 0.6) is 5.75 Å². The van der Waals surface area contributed by atoms with Gasteiger partial charge in [-0.05, 0) is 67.8 Å². The molecule has 1 aliphatic heterocycles. The average molecular weight is 474 g/mol. The van der Waals surface area contributed by atoms with Crippen molar-refractivity contribution in [2.75, 3.05) is 5.32 Å². The van der Waals surface area contributed by atoms with Crippen LogP contribution in [0.1, 0.15) is 5.56 Å². The summed E-state index contributed by atoms with van der Waals surface area (Å²) in [6.07, 6.45) is 1.71. The minimum absolute atomic E-state index is 0.0970. The van der Waals surface area contributed by atoms with Crippen LogP contribution in [0, 0.1) is 5.82 Å². The third-order valence-corrected chi connectivity index (χ3v) is 5.47. The van der Waals surface area contributed by atoms with Crippen LogP contribution >= 0.6 is 43.6 Å². The van der Waals surface area contributed by atoms with Gasteiger partial charge in [-0.1, -0.05) is 23.9 Å². The number of carbonyl (C=O) groups excluding carboxylic acids is 1. The number of para-hydroxylation sites is 1. The number of nitrogens with one attached hydrogen (secondary N) is 2. The fourth-order valence-corrected chi connectivity index (χ4v) is 4.30. The Morgan fingerprint density at radius 1 is 1.25 bits per heavy atom. The van der Waals surface area contributed by atoms with Gasteiger partial charge in [-0.15, -0.1) is 0 Å². The van der Waals surface area contributed by atoms with Gasteiger partial charge in [0.2, 0.25) is 0 Å². The van der Waals surface area contributed by atoms with Crippen molar-refractivity contribution < 1.29 is 14.3 Å². The molecule has 124 valence electrons. The van der Waals surface area contributed by atoms with Gasteiger partial charge in [0.1, 0.15) is 11.6 Å². The Morgan fingerprint density at radius 2 is 1.92 bits per heavy atom. The maximum Gasteiger partial charge on any atom is 0.260 e. The van der Waals surface area contributed by atoms with Crippen LogP contribution in [0.25, 0.3) is 6.08 Å². The smallest absolute Gasteiger partial charge is 0.260 e. The Kier molecular flexibility index (Phi) is 5.17. The normalized spacial score (nSPS) is 18.7. The fourth-order valence-electron chi connectivity index (χ4n) is 2.10. The highest BCUT2D eigenvalue weighted by atomic mass is 79.9. The number of aromatic hydroxyl groups is 1. The molecule has 1 fully saturated rings. The third-order valence-electron chi connectivity index (χ3n) is 3.23. The van der Waals surface area contributed by atoms with Crippen molar-refractivity contribution in [3.05, 3.63) is 61.6 Å². The van der Waals surface area contributed by atoms with E-state index in [0.717, 1.165) is 5.56 Å². The van der Waals surface area contributed by atoms with Gasteiger partial charge in [-0.25, -0.2) is 4.39 Å². The lowest BCUT2D eigenvalue weighted by Gasteiger charge is -2.12. The number of amides is 1. The maximum atomic E-state index is 13.7. The standard InChI is InChI=1S/C16H11Br2FN2O2S/c17-9-5-8(6-10(18)14(9)22)7-13-15(23)21-16(24-13)20-12-4-2-1-3-11(12)19/h1-7,16,20,22H,(H,21,23)/b13-7-. The van der Waals surface area contributed by atoms with E-state index in [1.165, 1.54) is 17.8 Å². The summed E-state index contributed by atoms with van der Waals surface area (Å²) >= 11 is 7.77. The summed E-state index contributed by atoms with van der Waals surface area (Å²) in [4.78, 5) is 12.6. The van der Waals surface area contributed by atoms with Crippen molar-refractivity contribution in [1.29, 1.82) is 0 Å². The molecule has 0 spiro atoms. The van der Waals surface area contributed by atoms with Crippen molar-refractivity contribution in [2.24, 2.45) is 0 Å². The Labute approximate surface area is 158 Å². The van der Waals surface area contributed by atoms with Crippen LogP contribution in [0.2, 0.25) is 0 Å². The summed E-state index contributed by atoms with van der Waals surface area (Å²) in [6, 6.07) is 9.70. The number of hydrogen-bond donors (Lipinski definition) is 3. The second-order valence-electron chi connectivity index (χ2n) is 4.94. The summed E-state index contributed by atoms with van der Waals surface area (Å²) in [5.74, 6) is -0.523. The molecule has 24 heavy (non-hydrogen) atoms. The fraction of sp³-hybridized carbons (Fsp3) is 0.0625. The molecule has 3 N–H and O–H groups in total. The molecule has 0 aromatic heterocycles. The van der Waals surface area contributed by atoms with Crippen LogP contribution in [-0.2, 0) is 4.79 Å². The monoisotopic (exact) mass is 472 g/mol. The number of rotatable bonds is 3. The average Bonchev–Trinajstić information content (AvgIpc) is 2.87. The second kappa shape index (κ2) is 7.16. The summed E-state index contributed by atoms with van der Waals surface area (Å²) in [5, 5.41) is 15.4. The molecule has 0 saturated carbocycles. The van der Waals surface area contributed by atoms with Crippen LogP contribution in [-0.4, -0.2) is 16.5 Å². The van der Waals surface area contributed by atoms with Gasteiger partial charge in [0.25, 0.3) is 5.91 Å². The van der Waals surface area contributed by atoms with Crippen LogP contribution in [0.3, 0.4) is 0 Å². The highest BCUT2D eigenvalue weighted by Crippen LogP contribution is 2.36. The number of anilines is 1. The first kappa shape index (κ1) is 17.3. The summed E-state index contributed by atoms with van der Waals surface area (Å²) in [5.41, 5.74) is 0.618. The van der Waals surface area contributed by atoms with E-state index >= 15 is 0 Å². The highest BCUT2D eigenvalue weighted by molar-refractivity contribution is 9.11. The van der Waals surface area contributed by atoms with Crippen LogP contribution in [0.4, 0.5) is 10.1 Å². The van der Waals surface area contributed by atoms with Gasteiger partial charge in [0.05, 0.1) is 19.5 Å². The van der Waals surface area contributed by atoms with Gasteiger partial charge in [0.15, 0.2) is 5.50 Å². The van der Waals surface area contributed by atoms with E-state index in [0.29, 0.717) is 19.5 Å². The molecule has 4 nitrogen and oxygen atoms in total. The zero-order chi connectivity index (χ0) is 17.3. The van der Waals surface area contributed by atoms with Gasteiger partial charge >= 0.3 is 0 Å². The Hall–Kier alpha value is -1.51. The number of hydrogen-bond acceptors (Lipinski definition) is 4. The molecule has 0 aliphatic carbocycles. The van der Waals surface area contributed by atoms with E-state index in [2.05, 4.69) is 42.5 Å². The Balaban J connectivity index is 1.79. The van der Waals surface area contributed by atoms with E-state index in [1.807, 2.05) is 0 Å². The minimum atomic E-state index is -0.454. The van der Waals surface area contributed by atoms with E-state index in [4.69, 9.17) is 0 Å². The molecule has 1 atom stereocenters. The molecule has 1 amide bonds. The Bertz CT molecular complexity index is 822. The number of halogens is 3. The van der Waals surface area contributed by atoms with E-state index < -0.39 is 5.50 Å². The topological polar surface area (TPSA) is 61.4 Å². The largest absolute Gasteiger partial charge is 0.506 e. The van der Waals surface area contributed by atoms with Crippen molar-refractivity contribution >= 4 is 61.3 Å². The predicted molar refractivity (Wildman–Crippen MR) is 101 cm³/mol. The molecule has 1 saturated heterocycles. The zero-order valence-electron chi connectivity index (χ0n) is 12.0. The summed E-state index contributed by atoms with van der Waals surface area (Å²) in [7, 11) is 0. The number of carbonyl (C=O) groups is 1. The predicted octanol–water partition coefficient (Wildman–Crippen LogP) is 4.66. The molecule has 1 heterocycles. The SMILES string of the molecule is O=C1NC(Nc2ccccc2F)S/C1=C\c1cc(Br)c(O)c(Br)c1. The maximum absolute atomic E-state index is 13.7. The van der Waals surface area contributed by atoms with E-state index in [1.54, 1.807) is 36.4 Å². The minimum Gasteiger partial charge on any atom is -0.506 e. The first-order valence-electron chi connectivity index (χ1n) is 6.82. The van der Waals surface area contributed by atoms with Crippen molar-refractivity contribution in [3.63, 3.8) is 0 Å². The number of thioether (sulfide) groups is 1. The summed E-state index contributed by atoms with van der Waals surface area (Å²) < 4.78 is 14.7. The van der Waals surface area contributed by atoms with Gasteiger partial charge in [0, 0.05) is 0 Å². The van der Waals surface area contributed by atoms with Gasteiger partial charge < -0.3 is 15.7 Å². The molecule has 2 aromatic rings. The molecule has 1 aliphatic rings. The second-order valence-corrected chi connectivity index (χ2v) is 7.79. The van der Waals surface area contributed by atoms with Crippen LogP contribution < -0.4 is 10.6 Å². The highest BCUT2D eigenvalue weighted by Gasteiger charge is 2.27. The molecular weight excluding hydrogens is 463 g/mol. The van der Waals surface area contributed by atoms with E-state index in [9.17, 15) is 14.3 Å². The summed E-state index contributed by atoms with van der Waals surface area (Å²) in [6.45, 7) is 0. The number of phenolic OH excluding ortho intramolecular Hbond substituents is 1. The Morgan fingerprint density at radius 3 is 2.58 bits per heavy atom. The first-order valence-corrected chi connectivity index (χ1v) is 9.29. The molecule has 8 heteroatoms.